The van der Waals surface area contributed by atoms with Gasteiger partial charge in [-0.3, -0.25) is 4.79 Å². The summed E-state index contributed by atoms with van der Waals surface area (Å²) in [6.07, 6.45) is 2.48. The summed E-state index contributed by atoms with van der Waals surface area (Å²) in [4.78, 5) is 10.5. The van der Waals surface area contributed by atoms with Crippen LogP contribution in [0.15, 0.2) is 18.2 Å². The molecule has 0 aliphatic heterocycles. The third-order valence-corrected chi connectivity index (χ3v) is 3.39. The van der Waals surface area contributed by atoms with Crippen LogP contribution in [0.2, 0.25) is 0 Å². The fourth-order valence-corrected chi connectivity index (χ4v) is 2.16. The summed E-state index contributed by atoms with van der Waals surface area (Å²) in [5, 5.41) is 18.6. The highest BCUT2D eigenvalue weighted by Gasteiger charge is 2.24. The number of phenolic OH excluding ortho intramolecular Hbond substituents is 1. The molecule has 1 rings (SSSR count). The van der Waals surface area contributed by atoms with Crippen molar-refractivity contribution in [1.29, 1.82) is 0 Å². The number of carbonyl (C=O) groups is 1. The van der Waals surface area contributed by atoms with Crippen LogP contribution < -0.4 is 0 Å². The third-order valence-electron chi connectivity index (χ3n) is 3.39. The predicted molar refractivity (Wildman–Crippen MR) is 72.0 cm³/mol. The minimum Gasteiger partial charge on any atom is -0.508 e. The molecule has 0 atom stereocenters. The Bertz CT molecular complexity index is 422. The molecule has 1 aromatic carbocycles. The number of carboxylic acids is 1. The van der Waals surface area contributed by atoms with Crippen molar-refractivity contribution in [3.8, 4) is 5.75 Å². The average Bonchev–Trinajstić information content (AvgIpc) is 2.28. The number of benzene rings is 1. The number of hydrogen-bond acceptors (Lipinski definition) is 2. The standard InChI is InChI=1S/C15H22O3/c1-4-11-7-8-13(16)12(10-11)15(2,3)9-5-6-14(17)18/h7-8,10,16H,4-6,9H2,1-3H3,(H,17,18). The van der Waals surface area contributed by atoms with Gasteiger partial charge < -0.3 is 10.2 Å². The molecule has 1 aromatic rings. The summed E-state index contributed by atoms with van der Waals surface area (Å²) in [6, 6.07) is 5.68. The Kier molecular flexibility index (Phi) is 4.76. The van der Waals surface area contributed by atoms with E-state index in [1.165, 1.54) is 5.56 Å². The molecule has 0 unspecified atom stereocenters. The Morgan fingerprint density at radius 3 is 2.56 bits per heavy atom. The van der Waals surface area contributed by atoms with E-state index in [1.54, 1.807) is 6.07 Å². The van der Waals surface area contributed by atoms with Crippen LogP contribution in [-0.2, 0) is 16.6 Å². The van der Waals surface area contributed by atoms with Gasteiger partial charge in [-0.1, -0.05) is 32.9 Å². The van der Waals surface area contributed by atoms with Gasteiger partial charge in [0.25, 0.3) is 0 Å². The monoisotopic (exact) mass is 250 g/mol. The molecule has 0 aromatic heterocycles. The van der Waals surface area contributed by atoms with Gasteiger partial charge in [0.2, 0.25) is 0 Å². The smallest absolute Gasteiger partial charge is 0.303 e. The van der Waals surface area contributed by atoms with Gasteiger partial charge in [0, 0.05) is 6.42 Å². The highest BCUT2D eigenvalue weighted by atomic mass is 16.4. The van der Waals surface area contributed by atoms with Crippen molar-refractivity contribution < 1.29 is 15.0 Å². The first-order chi connectivity index (χ1) is 8.36. The molecule has 0 saturated heterocycles. The molecular weight excluding hydrogens is 228 g/mol. The van der Waals surface area contributed by atoms with Gasteiger partial charge in [-0.05, 0) is 41.9 Å². The second-order valence-electron chi connectivity index (χ2n) is 5.34. The highest BCUT2D eigenvalue weighted by Crippen LogP contribution is 2.35. The lowest BCUT2D eigenvalue weighted by Gasteiger charge is -2.26. The largest absolute Gasteiger partial charge is 0.508 e. The zero-order valence-electron chi connectivity index (χ0n) is 11.4. The summed E-state index contributed by atoms with van der Waals surface area (Å²) in [7, 11) is 0. The molecule has 3 nitrogen and oxygen atoms in total. The molecule has 0 heterocycles. The first-order valence-electron chi connectivity index (χ1n) is 6.41. The van der Waals surface area contributed by atoms with Crippen LogP contribution in [0.3, 0.4) is 0 Å². The van der Waals surface area contributed by atoms with E-state index in [0.29, 0.717) is 12.2 Å². The van der Waals surface area contributed by atoms with Gasteiger partial charge in [0.1, 0.15) is 5.75 Å². The predicted octanol–water partition coefficient (Wildman–Crippen LogP) is 3.49. The van der Waals surface area contributed by atoms with Crippen LogP contribution in [0.1, 0.15) is 51.2 Å². The molecule has 18 heavy (non-hydrogen) atoms. The van der Waals surface area contributed by atoms with E-state index >= 15 is 0 Å². The first kappa shape index (κ1) is 14.6. The van der Waals surface area contributed by atoms with Crippen molar-refractivity contribution in [2.24, 2.45) is 0 Å². The molecule has 0 bridgehead atoms. The maximum Gasteiger partial charge on any atom is 0.303 e. The zero-order valence-corrected chi connectivity index (χ0v) is 11.4. The number of carboxylic acid groups (broad SMARTS) is 1. The third kappa shape index (κ3) is 3.76. The molecule has 2 N–H and O–H groups in total. The van der Waals surface area contributed by atoms with Crippen molar-refractivity contribution in [2.75, 3.05) is 0 Å². The van der Waals surface area contributed by atoms with Crippen LogP contribution in [-0.4, -0.2) is 16.2 Å². The molecule has 3 heteroatoms. The van der Waals surface area contributed by atoms with E-state index in [4.69, 9.17) is 5.11 Å². The number of aromatic hydroxyl groups is 1. The van der Waals surface area contributed by atoms with Crippen LogP contribution in [0.5, 0.6) is 5.75 Å². The lowest BCUT2D eigenvalue weighted by molar-refractivity contribution is -0.137. The summed E-state index contributed by atoms with van der Waals surface area (Å²) in [5.74, 6) is -0.468. The van der Waals surface area contributed by atoms with E-state index < -0.39 is 5.97 Å². The van der Waals surface area contributed by atoms with Crippen LogP contribution in [0.4, 0.5) is 0 Å². The van der Waals surface area contributed by atoms with Crippen molar-refractivity contribution in [2.45, 2.75) is 51.9 Å². The molecule has 0 aliphatic carbocycles. The van der Waals surface area contributed by atoms with Crippen LogP contribution in [0.25, 0.3) is 0 Å². The van der Waals surface area contributed by atoms with Gasteiger partial charge in [0.05, 0.1) is 0 Å². The lowest BCUT2D eigenvalue weighted by atomic mass is 9.79. The molecular formula is C15H22O3. The molecule has 0 spiro atoms. The van der Waals surface area contributed by atoms with E-state index in [-0.39, 0.29) is 11.8 Å². The average molecular weight is 250 g/mol. The number of aryl methyl sites for hydroxylation is 1. The summed E-state index contributed by atoms with van der Waals surface area (Å²) in [6.45, 7) is 6.17. The number of phenols is 1. The number of aliphatic carboxylic acids is 1. The minimum absolute atomic E-state index is 0.178. The molecule has 0 radical (unpaired) electrons. The molecule has 0 amide bonds. The minimum atomic E-state index is -0.766. The van der Waals surface area contributed by atoms with E-state index in [0.717, 1.165) is 18.4 Å². The highest BCUT2D eigenvalue weighted by molar-refractivity contribution is 5.66. The summed E-state index contributed by atoms with van der Waals surface area (Å²) >= 11 is 0. The Hall–Kier alpha value is -1.51. The van der Waals surface area contributed by atoms with E-state index in [2.05, 4.69) is 6.92 Å². The molecule has 100 valence electrons. The van der Waals surface area contributed by atoms with Crippen molar-refractivity contribution in [3.63, 3.8) is 0 Å². The molecule has 0 fully saturated rings. The topological polar surface area (TPSA) is 57.5 Å². The lowest BCUT2D eigenvalue weighted by Crippen LogP contribution is -2.18. The Morgan fingerprint density at radius 1 is 1.33 bits per heavy atom. The van der Waals surface area contributed by atoms with Crippen molar-refractivity contribution in [3.05, 3.63) is 29.3 Å². The Morgan fingerprint density at radius 2 is 2.00 bits per heavy atom. The number of rotatable bonds is 6. The SMILES string of the molecule is CCc1ccc(O)c(C(C)(C)CCCC(=O)O)c1. The number of hydrogen-bond donors (Lipinski definition) is 2. The van der Waals surface area contributed by atoms with Crippen LogP contribution >= 0.6 is 0 Å². The second kappa shape index (κ2) is 5.89. The van der Waals surface area contributed by atoms with Gasteiger partial charge in [0.15, 0.2) is 0 Å². The quantitative estimate of drug-likeness (QED) is 0.812. The second-order valence-corrected chi connectivity index (χ2v) is 5.34. The van der Waals surface area contributed by atoms with Gasteiger partial charge in [-0.2, -0.15) is 0 Å². The van der Waals surface area contributed by atoms with E-state index in [1.807, 2.05) is 26.0 Å². The zero-order chi connectivity index (χ0) is 13.8. The summed E-state index contributed by atoms with van der Waals surface area (Å²) < 4.78 is 0. The normalized spacial score (nSPS) is 11.5. The fourth-order valence-electron chi connectivity index (χ4n) is 2.16. The van der Waals surface area contributed by atoms with Gasteiger partial charge in [-0.25, -0.2) is 0 Å². The van der Waals surface area contributed by atoms with Crippen molar-refractivity contribution in [1.82, 2.24) is 0 Å². The van der Waals surface area contributed by atoms with Gasteiger partial charge >= 0.3 is 5.97 Å². The van der Waals surface area contributed by atoms with Crippen LogP contribution in [0, 0.1) is 0 Å². The fraction of sp³-hybridized carbons (Fsp3) is 0.533. The maximum atomic E-state index is 10.5. The van der Waals surface area contributed by atoms with E-state index in [9.17, 15) is 9.90 Å². The summed E-state index contributed by atoms with van der Waals surface area (Å²) in [5.41, 5.74) is 1.89. The Balaban J connectivity index is 2.85. The molecule has 0 saturated carbocycles. The first-order valence-corrected chi connectivity index (χ1v) is 6.41. The van der Waals surface area contributed by atoms with Gasteiger partial charge in [-0.15, -0.1) is 0 Å². The van der Waals surface area contributed by atoms with Crippen molar-refractivity contribution >= 4 is 5.97 Å². The molecule has 0 aliphatic rings. The Labute approximate surface area is 108 Å². The maximum absolute atomic E-state index is 10.5.